The van der Waals surface area contributed by atoms with Crippen LogP contribution in [0.15, 0.2) is 18.2 Å². The molecule has 5 nitrogen and oxygen atoms in total. The number of nitrogens with one attached hydrogen (secondary N) is 1. The van der Waals surface area contributed by atoms with Gasteiger partial charge in [-0.1, -0.05) is 32.6 Å². The van der Waals surface area contributed by atoms with E-state index in [4.69, 9.17) is 0 Å². The van der Waals surface area contributed by atoms with Gasteiger partial charge in [0.1, 0.15) is 0 Å². The normalized spacial score (nSPS) is 12.0. The van der Waals surface area contributed by atoms with Crippen LogP contribution < -0.4 is 5.32 Å². The number of rotatable bonds is 8. The molecule has 1 unspecified atom stereocenters. The van der Waals surface area contributed by atoms with Crippen molar-refractivity contribution in [2.75, 3.05) is 0 Å². The van der Waals surface area contributed by atoms with Gasteiger partial charge < -0.3 is 5.32 Å². The predicted octanol–water partition coefficient (Wildman–Crippen LogP) is 3.82. The first kappa shape index (κ1) is 17.1. The van der Waals surface area contributed by atoms with Crippen molar-refractivity contribution in [3.63, 3.8) is 0 Å². The van der Waals surface area contributed by atoms with Gasteiger partial charge >= 0.3 is 5.69 Å². The van der Waals surface area contributed by atoms with Gasteiger partial charge in [0.15, 0.2) is 0 Å². The van der Waals surface area contributed by atoms with E-state index in [9.17, 15) is 19.3 Å². The van der Waals surface area contributed by atoms with Gasteiger partial charge in [-0.15, -0.1) is 0 Å². The largest absolute Gasteiger partial charge is 0.350 e. The molecule has 0 bridgehead atoms. The SMILES string of the molecule is CCCCCCC(C)NC(=O)c1ccc([N+](=O)[O-])c(F)c1. The van der Waals surface area contributed by atoms with Gasteiger partial charge in [0.05, 0.1) is 4.92 Å². The lowest BCUT2D eigenvalue weighted by atomic mass is 10.1. The van der Waals surface area contributed by atoms with E-state index in [1.807, 2.05) is 6.92 Å². The van der Waals surface area contributed by atoms with Crippen LogP contribution in [-0.2, 0) is 0 Å². The summed E-state index contributed by atoms with van der Waals surface area (Å²) in [7, 11) is 0. The zero-order valence-electron chi connectivity index (χ0n) is 12.4. The van der Waals surface area contributed by atoms with E-state index >= 15 is 0 Å². The molecular formula is C15H21FN2O3. The lowest BCUT2D eigenvalue weighted by Crippen LogP contribution is -2.32. The van der Waals surface area contributed by atoms with Crippen molar-refractivity contribution in [3.05, 3.63) is 39.7 Å². The molecule has 1 rings (SSSR count). The van der Waals surface area contributed by atoms with Crippen molar-refractivity contribution in [2.45, 2.75) is 52.0 Å². The number of hydrogen-bond donors (Lipinski definition) is 1. The average molecular weight is 296 g/mol. The molecular weight excluding hydrogens is 275 g/mol. The number of nitro benzene ring substituents is 1. The Morgan fingerprint density at radius 1 is 1.38 bits per heavy atom. The van der Waals surface area contributed by atoms with E-state index in [-0.39, 0.29) is 11.6 Å². The molecule has 0 radical (unpaired) electrons. The first-order chi connectivity index (χ1) is 9.95. The second kappa shape index (κ2) is 8.34. The Hall–Kier alpha value is -1.98. The van der Waals surface area contributed by atoms with Gasteiger partial charge in [-0.05, 0) is 25.5 Å². The first-order valence-electron chi connectivity index (χ1n) is 7.20. The van der Waals surface area contributed by atoms with Crippen LogP contribution in [-0.4, -0.2) is 16.9 Å². The minimum Gasteiger partial charge on any atom is -0.350 e. The van der Waals surface area contributed by atoms with Crippen LogP contribution in [0.3, 0.4) is 0 Å². The van der Waals surface area contributed by atoms with Gasteiger partial charge in [0.2, 0.25) is 5.82 Å². The maximum atomic E-state index is 13.5. The molecule has 0 aromatic heterocycles. The van der Waals surface area contributed by atoms with E-state index in [0.29, 0.717) is 0 Å². The van der Waals surface area contributed by atoms with Crippen LogP contribution in [0.25, 0.3) is 0 Å². The van der Waals surface area contributed by atoms with Gasteiger partial charge in [0.25, 0.3) is 5.91 Å². The number of unbranched alkanes of at least 4 members (excludes halogenated alkanes) is 3. The van der Waals surface area contributed by atoms with E-state index in [2.05, 4.69) is 12.2 Å². The fraction of sp³-hybridized carbons (Fsp3) is 0.533. The molecule has 0 spiro atoms. The van der Waals surface area contributed by atoms with Crippen molar-refractivity contribution in [1.29, 1.82) is 0 Å². The summed E-state index contributed by atoms with van der Waals surface area (Å²) in [4.78, 5) is 21.6. The molecule has 1 atom stereocenters. The first-order valence-corrected chi connectivity index (χ1v) is 7.20. The van der Waals surface area contributed by atoms with Gasteiger partial charge in [0, 0.05) is 17.7 Å². The number of carbonyl (C=O) groups is 1. The Balaban J connectivity index is 2.55. The highest BCUT2D eigenvalue weighted by Gasteiger charge is 2.17. The molecule has 21 heavy (non-hydrogen) atoms. The molecule has 1 N–H and O–H groups in total. The molecule has 0 aliphatic carbocycles. The highest BCUT2D eigenvalue weighted by Crippen LogP contribution is 2.18. The van der Waals surface area contributed by atoms with Crippen molar-refractivity contribution in [1.82, 2.24) is 5.32 Å². The summed E-state index contributed by atoms with van der Waals surface area (Å²) in [5.41, 5.74) is -0.530. The van der Waals surface area contributed by atoms with Crippen LogP contribution in [0, 0.1) is 15.9 Å². The van der Waals surface area contributed by atoms with Crippen molar-refractivity contribution in [3.8, 4) is 0 Å². The minimum absolute atomic E-state index is 0.00684. The maximum Gasteiger partial charge on any atom is 0.304 e. The molecule has 6 heteroatoms. The summed E-state index contributed by atoms with van der Waals surface area (Å²) in [6.45, 7) is 4.03. The third-order valence-corrected chi connectivity index (χ3v) is 3.27. The third kappa shape index (κ3) is 5.49. The van der Waals surface area contributed by atoms with Gasteiger partial charge in [-0.25, -0.2) is 0 Å². The number of hydrogen-bond acceptors (Lipinski definition) is 3. The summed E-state index contributed by atoms with van der Waals surface area (Å²) >= 11 is 0. The van der Waals surface area contributed by atoms with Crippen molar-refractivity contribution >= 4 is 11.6 Å². The third-order valence-electron chi connectivity index (χ3n) is 3.27. The lowest BCUT2D eigenvalue weighted by Gasteiger charge is -2.13. The lowest BCUT2D eigenvalue weighted by molar-refractivity contribution is -0.387. The van der Waals surface area contributed by atoms with E-state index < -0.39 is 22.3 Å². The summed E-state index contributed by atoms with van der Waals surface area (Å²) in [6.07, 6.45) is 5.35. The van der Waals surface area contributed by atoms with Crippen LogP contribution >= 0.6 is 0 Å². The van der Waals surface area contributed by atoms with E-state index in [1.54, 1.807) is 0 Å². The molecule has 116 valence electrons. The fourth-order valence-corrected chi connectivity index (χ4v) is 2.05. The number of amides is 1. The maximum absolute atomic E-state index is 13.5. The Kier molecular flexibility index (Phi) is 6.78. The summed E-state index contributed by atoms with van der Waals surface area (Å²) in [5, 5.41) is 13.3. The van der Waals surface area contributed by atoms with E-state index in [0.717, 1.165) is 37.8 Å². The Labute approximate surface area is 123 Å². The molecule has 1 amide bonds. The van der Waals surface area contributed by atoms with Crippen LogP contribution in [0.1, 0.15) is 56.3 Å². The fourth-order valence-electron chi connectivity index (χ4n) is 2.05. The molecule has 0 saturated carbocycles. The van der Waals surface area contributed by atoms with Crippen molar-refractivity contribution < 1.29 is 14.1 Å². The zero-order chi connectivity index (χ0) is 15.8. The van der Waals surface area contributed by atoms with Crippen LogP contribution in [0.2, 0.25) is 0 Å². The molecule has 1 aromatic rings. The summed E-state index contributed by atoms with van der Waals surface area (Å²) < 4.78 is 13.5. The second-order valence-corrected chi connectivity index (χ2v) is 5.15. The quantitative estimate of drug-likeness (QED) is 0.450. The number of carbonyl (C=O) groups excluding carboxylic acids is 1. The number of benzene rings is 1. The molecule has 0 saturated heterocycles. The minimum atomic E-state index is -0.997. The zero-order valence-corrected chi connectivity index (χ0v) is 12.4. The highest BCUT2D eigenvalue weighted by atomic mass is 19.1. The average Bonchev–Trinajstić information content (AvgIpc) is 2.43. The van der Waals surface area contributed by atoms with E-state index in [1.165, 1.54) is 12.5 Å². The predicted molar refractivity (Wildman–Crippen MR) is 78.7 cm³/mol. The Morgan fingerprint density at radius 3 is 2.67 bits per heavy atom. The summed E-state index contributed by atoms with van der Waals surface area (Å²) in [5.74, 6) is -1.41. The molecule has 0 fully saturated rings. The Morgan fingerprint density at radius 2 is 2.10 bits per heavy atom. The monoisotopic (exact) mass is 296 g/mol. The number of nitro groups is 1. The molecule has 0 aliphatic heterocycles. The topological polar surface area (TPSA) is 72.2 Å². The number of nitrogens with zero attached hydrogens (tertiary/aromatic N) is 1. The molecule has 1 aromatic carbocycles. The van der Waals surface area contributed by atoms with Crippen LogP contribution in [0.5, 0.6) is 0 Å². The standard InChI is InChI=1S/C15H21FN2O3/c1-3-4-5-6-7-11(2)17-15(19)12-8-9-14(18(20)21)13(16)10-12/h8-11H,3-7H2,1-2H3,(H,17,19). The molecule has 0 heterocycles. The highest BCUT2D eigenvalue weighted by molar-refractivity contribution is 5.94. The second-order valence-electron chi connectivity index (χ2n) is 5.15. The van der Waals surface area contributed by atoms with Gasteiger partial charge in [-0.3, -0.25) is 14.9 Å². The van der Waals surface area contributed by atoms with Crippen molar-refractivity contribution in [2.24, 2.45) is 0 Å². The Bertz CT molecular complexity index is 506. The molecule has 0 aliphatic rings. The number of halogens is 1. The smallest absolute Gasteiger partial charge is 0.304 e. The van der Waals surface area contributed by atoms with Crippen LogP contribution in [0.4, 0.5) is 10.1 Å². The van der Waals surface area contributed by atoms with Gasteiger partial charge in [-0.2, -0.15) is 4.39 Å². The summed E-state index contributed by atoms with van der Waals surface area (Å²) in [6, 6.07) is 3.17.